The van der Waals surface area contributed by atoms with Gasteiger partial charge in [0.1, 0.15) is 0 Å². The second-order valence-electron chi connectivity index (χ2n) is 5.95. The van der Waals surface area contributed by atoms with E-state index in [4.69, 9.17) is 14.2 Å². The van der Waals surface area contributed by atoms with E-state index in [2.05, 4.69) is 5.32 Å². The van der Waals surface area contributed by atoms with Crippen LogP contribution in [0.15, 0.2) is 36.4 Å². The van der Waals surface area contributed by atoms with Gasteiger partial charge in [-0.3, -0.25) is 14.9 Å². The zero-order chi connectivity index (χ0) is 20.1. The Bertz CT molecular complexity index is 926. The van der Waals surface area contributed by atoms with Gasteiger partial charge < -0.3 is 19.5 Å². The van der Waals surface area contributed by atoms with E-state index in [0.29, 0.717) is 36.0 Å². The Morgan fingerprint density at radius 3 is 2.61 bits per heavy atom. The third kappa shape index (κ3) is 4.20. The number of anilines is 1. The van der Waals surface area contributed by atoms with Crippen molar-refractivity contribution in [2.75, 3.05) is 32.2 Å². The summed E-state index contributed by atoms with van der Waals surface area (Å²) in [6, 6.07) is 8.52. The SMILES string of the molecule is CNc1ccc([N+](=O)[O-])cc1C(=O)OCC(=O)c1ccc2c(c1)OCCCO2. The molecule has 0 fully saturated rings. The summed E-state index contributed by atoms with van der Waals surface area (Å²) in [5.41, 5.74) is 0.395. The number of benzene rings is 2. The molecule has 9 nitrogen and oxygen atoms in total. The van der Waals surface area contributed by atoms with Gasteiger partial charge in [0.05, 0.1) is 23.7 Å². The molecule has 0 saturated heterocycles. The molecule has 0 saturated carbocycles. The van der Waals surface area contributed by atoms with Crippen molar-refractivity contribution >= 4 is 23.1 Å². The Balaban J connectivity index is 1.71. The molecule has 0 atom stereocenters. The summed E-state index contributed by atoms with van der Waals surface area (Å²) in [4.78, 5) is 35.0. The molecule has 28 heavy (non-hydrogen) atoms. The molecule has 1 aliphatic rings. The number of nitrogens with one attached hydrogen (secondary N) is 1. The summed E-state index contributed by atoms with van der Waals surface area (Å²) >= 11 is 0. The van der Waals surface area contributed by atoms with Crippen LogP contribution in [0.5, 0.6) is 11.5 Å². The number of hydrogen-bond donors (Lipinski definition) is 1. The van der Waals surface area contributed by atoms with Crippen molar-refractivity contribution in [3.05, 3.63) is 57.6 Å². The van der Waals surface area contributed by atoms with Crippen LogP contribution < -0.4 is 14.8 Å². The molecule has 146 valence electrons. The maximum absolute atomic E-state index is 12.4. The number of non-ortho nitro benzene ring substituents is 1. The number of carbonyl (C=O) groups excluding carboxylic acids is 2. The smallest absolute Gasteiger partial charge is 0.340 e. The molecule has 0 bridgehead atoms. The molecule has 2 aromatic carbocycles. The average molecular weight is 386 g/mol. The van der Waals surface area contributed by atoms with Crippen LogP contribution in [0.1, 0.15) is 27.1 Å². The van der Waals surface area contributed by atoms with E-state index in [0.717, 1.165) is 12.5 Å². The lowest BCUT2D eigenvalue weighted by Gasteiger charge is -2.10. The summed E-state index contributed by atoms with van der Waals surface area (Å²) in [6.07, 6.45) is 0.743. The number of ether oxygens (including phenoxy) is 3. The summed E-state index contributed by atoms with van der Waals surface area (Å²) in [5.74, 6) is -0.247. The second kappa shape index (κ2) is 8.38. The first-order valence-corrected chi connectivity index (χ1v) is 8.56. The van der Waals surface area contributed by atoms with E-state index in [1.807, 2.05) is 0 Å². The molecule has 1 N–H and O–H groups in total. The fourth-order valence-electron chi connectivity index (χ4n) is 2.66. The van der Waals surface area contributed by atoms with E-state index in [-0.39, 0.29) is 11.3 Å². The van der Waals surface area contributed by atoms with E-state index in [1.54, 1.807) is 25.2 Å². The van der Waals surface area contributed by atoms with Gasteiger partial charge in [0.2, 0.25) is 0 Å². The third-order valence-electron chi connectivity index (χ3n) is 4.11. The van der Waals surface area contributed by atoms with Crippen LogP contribution in [0.4, 0.5) is 11.4 Å². The van der Waals surface area contributed by atoms with Gasteiger partial charge in [-0.05, 0) is 24.3 Å². The Kier molecular flexibility index (Phi) is 5.73. The number of Topliss-reactive ketones (excluding diaryl/α,β-unsaturated/α-hetero) is 1. The predicted molar refractivity (Wildman–Crippen MR) is 99.3 cm³/mol. The summed E-state index contributed by atoms with van der Waals surface area (Å²) in [7, 11) is 1.57. The summed E-state index contributed by atoms with van der Waals surface area (Å²) in [6.45, 7) is 0.512. The summed E-state index contributed by atoms with van der Waals surface area (Å²) in [5, 5.41) is 13.7. The zero-order valence-electron chi connectivity index (χ0n) is 15.1. The molecule has 0 amide bonds. The number of rotatable bonds is 6. The minimum atomic E-state index is -0.837. The summed E-state index contributed by atoms with van der Waals surface area (Å²) < 4.78 is 16.1. The topological polar surface area (TPSA) is 117 Å². The highest BCUT2D eigenvalue weighted by molar-refractivity contribution is 6.01. The maximum atomic E-state index is 12.4. The highest BCUT2D eigenvalue weighted by atomic mass is 16.6. The lowest BCUT2D eigenvalue weighted by molar-refractivity contribution is -0.384. The van der Waals surface area contributed by atoms with E-state index in [1.165, 1.54) is 12.1 Å². The third-order valence-corrected chi connectivity index (χ3v) is 4.11. The number of nitro benzene ring substituents is 1. The van der Waals surface area contributed by atoms with Crippen molar-refractivity contribution < 1.29 is 28.7 Å². The van der Waals surface area contributed by atoms with Gasteiger partial charge in [0.15, 0.2) is 23.9 Å². The lowest BCUT2D eigenvalue weighted by Crippen LogP contribution is -2.15. The van der Waals surface area contributed by atoms with Gasteiger partial charge in [0, 0.05) is 36.9 Å². The van der Waals surface area contributed by atoms with Gasteiger partial charge in [-0.15, -0.1) is 0 Å². The van der Waals surface area contributed by atoms with Crippen LogP contribution in [0.25, 0.3) is 0 Å². The molecule has 0 unspecified atom stereocenters. The molecule has 0 spiro atoms. The molecule has 0 aliphatic carbocycles. The quantitative estimate of drug-likeness (QED) is 0.349. The molecular formula is C19H18N2O7. The van der Waals surface area contributed by atoms with Crippen LogP contribution in [-0.4, -0.2) is 43.5 Å². The van der Waals surface area contributed by atoms with Crippen LogP contribution in [-0.2, 0) is 4.74 Å². The Morgan fingerprint density at radius 2 is 1.89 bits per heavy atom. The Labute approximate surface area is 160 Å². The van der Waals surface area contributed by atoms with Crippen LogP contribution >= 0.6 is 0 Å². The van der Waals surface area contributed by atoms with Gasteiger partial charge >= 0.3 is 5.97 Å². The molecule has 3 rings (SSSR count). The van der Waals surface area contributed by atoms with Crippen LogP contribution in [0, 0.1) is 10.1 Å². The minimum Gasteiger partial charge on any atom is -0.490 e. The molecule has 9 heteroatoms. The average Bonchev–Trinajstić information content (AvgIpc) is 2.95. The Hall–Kier alpha value is -3.62. The molecule has 0 aromatic heterocycles. The first kappa shape index (κ1) is 19.2. The van der Waals surface area contributed by atoms with Crippen LogP contribution in [0.2, 0.25) is 0 Å². The minimum absolute atomic E-state index is 0.0249. The monoisotopic (exact) mass is 386 g/mol. The van der Waals surface area contributed by atoms with Crippen molar-refractivity contribution in [2.45, 2.75) is 6.42 Å². The highest BCUT2D eigenvalue weighted by Crippen LogP contribution is 2.30. The number of esters is 1. The number of nitrogens with zero attached hydrogens (tertiary/aromatic N) is 1. The molecule has 2 aromatic rings. The number of fused-ring (bicyclic) bond motifs is 1. The Morgan fingerprint density at radius 1 is 1.14 bits per heavy atom. The van der Waals surface area contributed by atoms with Crippen molar-refractivity contribution in [3.8, 4) is 11.5 Å². The molecule has 1 heterocycles. The van der Waals surface area contributed by atoms with Gasteiger partial charge in [0.25, 0.3) is 5.69 Å². The fourth-order valence-corrected chi connectivity index (χ4v) is 2.66. The van der Waals surface area contributed by atoms with Gasteiger partial charge in [-0.1, -0.05) is 0 Å². The molecule has 1 aliphatic heterocycles. The van der Waals surface area contributed by atoms with Crippen molar-refractivity contribution in [3.63, 3.8) is 0 Å². The number of carbonyl (C=O) groups is 2. The van der Waals surface area contributed by atoms with Gasteiger partial charge in [-0.2, -0.15) is 0 Å². The highest BCUT2D eigenvalue weighted by Gasteiger charge is 2.20. The standard InChI is InChI=1S/C19H18N2O7/c1-20-15-5-4-13(21(24)25)10-14(15)19(23)28-11-16(22)12-3-6-17-18(9-12)27-8-2-7-26-17/h3-6,9-10,20H,2,7-8,11H2,1H3. The number of hydrogen-bond acceptors (Lipinski definition) is 8. The van der Waals surface area contributed by atoms with Crippen molar-refractivity contribution in [2.24, 2.45) is 0 Å². The zero-order valence-corrected chi connectivity index (χ0v) is 15.1. The van der Waals surface area contributed by atoms with Crippen LogP contribution in [0.3, 0.4) is 0 Å². The van der Waals surface area contributed by atoms with E-state index in [9.17, 15) is 19.7 Å². The normalized spacial score (nSPS) is 12.6. The fraction of sp³-hybridized carbons (Fsp3) is 0.263. The lowest BCUT2D eigenvalue weighted by atomic mass is 10.1. The largest absolute Gasteiger partial charge is 0.490 e. The van der Waals surface area contributed by atoms with Crippen molar-refractivity contribution in [1.29, 1.82) is 0 Å². The number of nitro groups is 1. The maximum Gasteiger partial charge on any atom is 0.340 e. The van der Waals surface area contributed by atoms with Crippen molar-refractivity contribution in [1.82, 2.24) is 0 Å². The van der Waals surface area contributed by atoms with E-state index >= 15 is 0 Å². The molecular weight excluding hydrogens is 368 g/mol. The first-order valence-electron chi connectivity index (χ1n) is 8.56. The predicted octanol–water partition coefficient (Wildman–Crippen LogP) is 2.84. The molecule has 0 radical (unpaired) electrons. The second-order valence-corrected chi connectivity index (χ2v) is 5.95. The van der Waals surface area contributed by atoms with E-state index < -0.39 is 23.3 Å². The van der Waals surface area contributed by atoms with Gasteiger partial charge in [-0.25, -0.2) is 4.79 Å². The first-order chi connectivity index (χ1) is 13.5. The number of ketones is 1.